The van der Waals surface area contributed by atoms with Gasteiger partial charge in [-0.1, -0.05) is 6.07 Å². The van der Waals surface area contributed by atoms with Gasteiger partial charge in [0.2, 0.25) is 0 Å². The lowest BCUT2D eigenvalue weighted by molar-refractivity contribution is 0.201. The van der Waals surface area contributed by atoms with E-state index in [0.29, 0.717) is 12.6 Å². The van der Waals surface area contributed by atoms with Gasteiger partial charge >= 0.3 is 0 Å². The summed E-state index contributed by atoms with van der Waals surface area (Å²) in [5, 5.41) is 0. The van der Waals surface area contributed by atoms with Crippen molar-refractivity contribution < 1.29 is 0 Å². The highest BCUT2D eigenvalue weighted by atomic mass is 15.2. The highest BCUT2D eigenvalue weighted by Gasteiger charge is 2.25. The van der Waals surface area contributed by atoms with Crippen LogP contribution in [0.3, 0.4) is 0 Å². The molecule has 2 rings (SSSR count). The Labute approximate surface area is 104 Å². The largest absolute Gasteiger partial charge is 0.326 e. The monoisotopic (exact) mass is 233 g/mol. The van der Waals surface area contributed by atoms with Gasteiger partial charge in [-0.25, -0.2) is 0 Å². The van der Waals surface area contributed by atoms with Crippen molar-refractivity contribution >= 4 is 0 Å². The van der Waals surface area contributed by atoms with Crippen LogP contribution >= 0.6 is 0 Å². The van der Waals surface area contributed by atoms with Gasteiger partial charge in [-0.05, 0) is 44.2 Å². The molecule has 1 aromatic rings. The Bertz CT molecular complexity index is 358. The molecular weight excluding hydrogens is 210 g/mol. The van der Waals surface area contributed by atoms with Gasteiger partial charge in [0.15, 0.2) is 0 Å². The molecule has 1 heterocycles. The van der Waals surface area contributed by atoms with E-state index in [0.717, 1.165) is 18.2 Å². The van der Waals surface area contributed by atoms with E-state index in [4.69, 9.17) is 5.73 Å². The molecule has 3 nitrogen and oxygen atoms in total. The first kappa shape index (κ1) is 12.5. The Kier molecular flexibility index (Phi) is 4.13. The fourth-order valence-corrected chi connectivity index (χ4v) is 2.08. The Balaban J connectivity index is 2.04. The number of hydrogen-bond acceptors (Lipinski definition) is 3. The lowest BCUT2D eigenvalue weighted by Crippen LogP contribution is -2.33. The number of aromatic nitrogens is 1. The molecule has 0 radical (unpaired) electrons. The molecule has 1 aliphatic rings. The van der Waals surface area contributed by atoms with Crippen molar-refractivity contribution in [2.75, 3.05) is 6.54 Å². The molecule has 1 fully saturated rings. The van der Waals surface area contributed by atoms with Gasteiger partial charge in [0.25, 0.3) is 0 Å². The van der Waals surface area contributed by atoms with Crippen molar-refractivity contribution in [1.82, 2.24) is 9.88 Å². The topological polar surface area (TPSA) is 42.2 Å². The minimum atomic E-state index is 0.572. The summed E-state index contributed by atoms with van der Waals surface area (Å²) in [6.45, 7) is 7.24. The maximum Gasteiger partial charge on any atom is 0.0588 e. The highest BCUT2D eigenvalue weighted by molar-refractivity contribution is 5.19. The minimum Gasteiger partial charge on any atom is -0.326 e. The van der Waals surface area contributed by atoms with Crippen LogP contribution in [0, 0.1) is 5.92 Å². The van der Waals surface area contributed by atoms with E-state index in [1.807, 2.05) is 12.3 Å². The third-order valence-corrected chi connectivity index (χ3v) is 3.48. The van der Waals surface area contributed by atoms with Crippen molar-refractivity contribution in [3.05, 3.63) is 29.6 Å². The normalized spacial score (nSPS) is 15.8. The predicted molar refractivity (Wildman–Crippen MR) is 70.4 cm³/mol. The standard InChI is InChI=1S/C14H23N3/c1-11(2)17(9-12-5-6-12)10-14-13(8-15)4-3-7-16-14/h3-4,7,11-12H,5-6,8-10,15H2,1-2H3. The molecule has 17 heavy (non-hydrogen) atoms. The van der Waals surface area contributed by atoms with Crippen LogP contribution in [0.1, 0.15) is 37.9 Å². The van der Waals surface area contributed by atoms with E-state index in [1.54, 1.807) is 0 Å². The second-order valence-electron chi connectivity index (χ2n) is 5.28. The number of nitrogens with two attached hydrogens (primary N) is 1. The maximum absolute atomic E-state index is 5.76. The Morgan fingerprint density at radius 1 is 1.47 bits per heavy atom. The molecule has 3 heteroatoms. The third kappa shape index (κ3) is 3.51. The van der Waals surface area contributed by atoms with Crippen molar-refractivity contribution in [2.45, 2.75) is 45.8 Å². The van der Waals surface area contributed by atoms with Gasteiger partial charge in [-0.2, -0.15) is 0 Å². The molecule has 0 atom stereocenters. The van der Waals surface area contributed by atoms with Crippen LogP contribution in [0.5, 0.6) is 0 Å². The van der Waals surface area contributed by atoms with Crippen LogP contribution < -0.4 is 5.73 Å². The summed E-state index contributed by atoms with van der Waals surface area (Å²) in [6.07, 6.45) is 4.66. The second kappa shape index (κ2) is 5.61. The predicted octanol–water partition coefficient (Wildman–Crippen LogP) is 2.16. The van der Waals surface area contributed by atoms with Gasteiger partial charge in [-0.3, -0.25) is 9.88 Å². The molecule has 0 bridgehead atoms. The van der Waals surface area contributed by atoms with Gasteiger partial charge in [0.05, 0.1) is 5.69 Å². The molecule has 94 valence electrons. The van der Waals surface area contributed by atoms with Crippen LogP contribution in [0.15, 0.2) is 18.3 Å². The average molecular weight is 233 g/mol. The Morgan fingerprint density at radius 2 is 2.24 bits per heavy atom. The lowest BCUT2D eigenvalue weighted by atomic mass is 10.1. The summed E-state index contributed by atoms with van der Waals surface area (Å²) in [4.78, 5) is 6.99. The van der Waals surface area contributed by atoms with Crippen molar-refractivity contribution in [3.63, 3.8) is 0 Å². The first-order chi connectivity index (χ1) is 8.20. The van der Waals surface area contributed by atoms with Crippen LogP contribution in [0.4, 0.5) is 0 Å². The molecule has 0 spiro atoms. The lowest BCUT2D eigenvalue weighted by Gasteiger charge is -2.26. The number of pyridine rings is 1. The van der Waals surface area contributed by atoms with E-state index in [9.17, 15) is 0 Å². The van der Waals surface area contributed by atoms with E-state index >= 15 is 0 Å². The minimum absolute atomic E-state index is 0.572. The van der Waals surface area contributed by atoms with Crippen molar-refractivity contribution in [2.24, 2.45) is 11.7 Å². The van der Waals surface area contributed by atoms with Crippen molar-refractivity contribution in [1.29, 1.82) is 0 Å². The molecule has 2 N–H and O–H groups in total. The highest BCUT2D eigenvalue weighted by Crippen LogP contribution is 2.30. The maximum atomic E-state index is 5.76. The molecule has 0 saturated heterocycles. The quantitative estimate of drug-likeness (QED) is 0.818. The SMILES string of the molecule is CC(C)N(Cc1ncccc1CN)CC1CC1. The number of rotatable bonds is 6. The summed E-state index contributed by atoms with van der Waals surface area (Å²) < 4.78 is 0. The molecule has 1 aromatic heterocycles. The zero-order valence-corrected chi connectivity index (χ0v) is 10.9. The summed E-state index contributed by atoms with van der Waals surface area (Å²) in [5.74, 6) is 0.919. The fourth-order valence-electron chi connectivity index (χ4n) is 2.08. The third-order valence-electron chi connectivity index (χ3n) is 3.48. The van der Waals surface area contributed by atoms with Crippen molar-refractivity contribution in [3.8, 4) is 0 Å². The smallest absolute Gasteiger partial charge is 0.0588 e. The zero-order chi connectivity index (χ0) is 12.3. The summed E-state index contributed by atoms with van der Waals surface area (Å²) in [5.41, 5.74) is 8.08. The van der Waals surface area contributed by atoms with Crippen LogP contribution in [-0.4, -0.2) is 22.5 Å². The first-order valence-electron chi connectivity index (χ1n) is 6.57. The van der Waals surface area contributed by atoms with Gasteiger partial charge in [0.1, 0.15) is 0 Å². The van der Waals surface area contributed by atoms with Crippen LogP contribution in [0.2, 0.25) is 0 Å². The molecule has 1 saturated carbocycles. The number of hydrogen-bond donors (Lipinski definition) is 1. The molecule has 0 aliphatic heterocycles. The van der Waals surface area contributed by atoms with Gasteiger partial charge < -0.3 is 5.73 Å². The average Bonchev–Trinajstić information content (AvgIpc) is 3.12. The van der Waals surface area contributed by atoms with E-state index in [-0.39, 0.29) is 0 Å². The second-order valence-corrected chi connectivity index (χ2v) is 5.28. The molecule has 1 aliphatic carbocycles. The Hall–Kier alpha value is -0.930. The summed E-state index contributed by atoms with van der Waals surface area (Å²) >= 11 is 0. The molecule has 0 unspecified atom stereocenters. The van der Waals surface area contributed by atoms with Gasteiger partial charge in [-0.15, -0.1) is 0 Å². The Morgan fingerprint density at radius 3 is 2.82 bits per heavy atom. The van der Waals surface area contributed by atoms with Crippen LogP contribution in [-0.2, 0) is 13.1 Å². The first-order valence-corrected chi connectivity index (χ1v) is 6.57. The fraction of sp³-hybridized carbons (Fsp3) is 0.643. The molecule has 0 aromatic carbocycles. The molecular formula is C14H23N3. The van der Waals surface area contributed by atoms with E-state index in [1.165, 1.54) is 24.9 Å². The zero-order valence-electron chi connectivity index (χ0n) is 10.9. The van der Waals surface area contributed by atoms with Gasteiger partial charge in [0, 0.05) is 31.9 Å². The summed E-state index contributed by atoms with van der Waals surface area (Å²) in [6, 6.07) is 4.62. The van der Waals surface area contributed by atoms with E-state index in [2.05, 4.69) is 29.8 Å². The molecule has 0 amide bonds. The number of nitrogens with zero attached hydrogens (tertiary/aromatic N) is 2. The van der Waals surface area contributed by atoms with E-state index < -0.39 is 0 Å². The summed E-state index contributed by atoms with van der Waals surface area (Å²) in [7, 11) is 0. The van der Waals surface area contributed by atoms with Crippen LogP contribution in [0.25, 0.3) is 0 Å².